The highest BCUT2D eigenvalue weighted by atomic mass is 32.1. The smallest absolute Gasteiger partial charge is 0.306 e. The van der Waals surface area contributed by atoms with E-state index >= 15 is 0 Å². The second-order valence-corrected chi connectivity index (χ2v) is 5.37. The Bertz CT molecular complexity index is 382. The molecule has 0 radical (unpaired) electrons. The van der Waals surface area contributed by atoms with Gasteiger partial charge < -0.3 is 4.74 Å². The Balaban J connectivity index is 1.86. The summed E-state index contributed by atoms with van der Waals surface area (Å²) < 4.78 is 4.89. The van der Waals surface area contributed by atoms with Crippen LogP contribution in [-0.4, -0.2) is 17.6 Å². The van der Waals surface area contributed by atoms with Gasteiger partial charge in [-0.3, -0.25) is 4.79 Å². The van der Waals surface area contributed by atoms with Crippen LogP contribution >= 0.6 is 11.3 Å². The van der Waals surface area contributed by atoms with Gasteiger partial charge in [-0.1, -0.05) is 6.92 Å². The Labute approximate surface area is 99.8 Å². The van der Waals surface area contributed by atoms with Gasteiger partial charge in [0.25, 0.3) is 0 Å². The Hall–Kier alpha value is -0.900. The third-order valence-electron chi connectivity index (χ3n) is 2.96. The molecule has 0 spiro atoms. The van der Waals surface area contributed by atoms with Gasteiger partial charge in [0, 0.05) is 17.2 Å². The molecule has 1 aliphatic rings. The first-order valence-electron chi connectivity index (χ1n) is 5.74. The number of thiazole rings is 1. The van der Waals surface area contributed by atoms with Gasteiger partial charge in [0.2, 0.25) is 0 Å². The molecule has 0 N–H and O–H groups in total. The molecule has 88 valence electrons. The Morgan fingerprint density at radius 1 is 1.62 bits per heavy atom. The van der Waals surface area contributed by atoms with Crippen LogP contribution in [-0.2, 0) is 21.4 Å². The second-order valence-electron chi connectivity index (χ2n) is 4.51. The minimum atomic E-state index is -0.130. The summed E-state index contributed by atoms with van der Waals surface area (Å²) >= 11 is 1.72. The zero-order valence-electron chi connectivity index (χ0n) is 9.78. The molecule has 1 aromatic rings. The van der Waals surface area contributed by atoms with Crippen molar-refractivity contribution in [2.45, 2.75) is 44.9 Å². The summed E-state index contributed by atoms with van der Waals surface area (Å²) in [5.74, 6) is -0.130. The van der Waals surface area contributed by atoms with Crippen LogP contribution in [0.15, 0.2) is 5.38 Å². The van der Waals surface area contributed by atoms with Crippen molar-refractivity contribution in [2.75, 3.05) is 6.61 Å². The van der Waals surface area contributed by atoms with Crippen LogP contribution in [0.1, 0.15) is 43.8 Å². The molecule has 1 aliphatic carbocycles. The minimum absolute atomic E-state index is 0.130. The van der Waals surface area contributed by atoms with Gasteiger partial charge in [-0.25, -0.2) is 4.98 Å². The van der Waals surface area contributed by atoms with Crippen LogP contribution < -0.4 is 0 Å². The van der Waals surface area contributed by atoms with E-state index in [1.54, 1.807) is 11.3 Å². The van der Waals surface area contributed by atoms with E-state index in [-0.39, 0.29) is 5.97 Å². The lowest BCUT2D eigenvalue weighted by atomic mass is 10.1. The molecule has 0 unspecified atom stereocenters. The lowest BCUT2D eigenvalue weighted by Gasteiger charge is -2.01. The number of hydrogen-bond acceptors (Lipinski definition) is 4. The normalized spacial score (nSPS) is 17.1. The van der Waals surface area contributed by atoms with E-state index in [4.69, 9.17) is 4.74 Å². The molecule has 2 rings (SSSR count). The fourth-order valence-electron chi connectivity index (χ4n) is 1.56. The fourth-order valence-corrected chi connectivity index (χ4v) is 2.64. The SMILES string of the molecule is CCOC(=O)CCc1csc(C2(C)CC2)n1. The molecule has 0 bridgehead atoms. The molecular formula is C12H17NO2S. The number of carbonyl (C=O) groups is 1. The number of aryl methyl sites for hydroxylation is 1. The average molecular weight is 239 g/mol. The zero-order valence-corrected chi connectivity index (χ0v) is 10.6. The van der Waals surface area contributed by atoms with E-state index in [1.807, 2.05) is 6.92 Å². The quantitative estimate of drug-likeness (QED) is 0.742. The summed E-state index contributed by atoms with van der Waals surface area (Å²) in [6.45, 7) is 4.53. The van der Waals surface area contributed by atoms with Gasteiger partial charge in [0.1, 0.15) is 0 Å². The van der Waals surface area contributed by atoms with Gasteiger partial charge in [-0.15, -0.1) is 11.3 Å². The van der Waals surface area contributed by atoms with Gasteiger partial charge in [-0.05, 0) is 19.8 Å². The maximum atomic E-state index is 11.2. The summed E-state index contributed by atoms with van der Waals surface area (Å²) in [5.41, 5.74) is 1.37. The van der Waals surface area contributed by atoms with Gasteiger partial charge in [-0.2, -0.15) is 0 Å². The molecule has 1 heterocycles. The van der Waals surface area contributed by atoms with Crippen molar-refractivity contribution >= 4 is 17.3 Å². The van der Waals surface area contributed by atoms with Gasteiger partial charge >= 0.3 is 5.97 Å². The largest absolute Gasteiger partial charge is 0.466 e. The molecule has 0 aromatic carbocycles. The van der Waals surface area contributed by atoms with E-state index in [0.29, 0.717) is 24.9 Å². The molecule has 3 nitrogen and oxygen atoms in total. The molecule has 0 saturated heterocycles. The van der Waals surface area contributed by atoms with Crippen molar-refractivity contribution in [1.82, 2.24) is 4.98 Å². The predicted octanol–water partition coefficient (Wildman–Crippen LogP) is 2.69. The number of nitrogens with zero attached hydrogens (tertiary/aromatic N) is 1. The van der Waals surface area contributed by atoms with E-state index in [2.05, 4.69) is 17.3 Å². The van der Waals surface area contributed by atoms with Crippen LogP contribution in [0.2, 0.25) is 0 Å². The van der Waals surface area contributed by atoms with Crippen molar-refractivity contribution < 1.29 is 9.53 Å². The van der Waals surface area contributed by atoms with E-state index in [1.165, 1.54) is 17.8 Å². The first-order valence-corrected chi connectivity index (χ1v) is 6.62. The van der Waals surface area contributed by atoms with Crippen molar-refractivity contribution in [3.05, 3.63) is 16.1 Å². The highest BCUT2D eigenvalue weighted by Crippen LogP contribution is 2.48. The second kappa shape index (κ2) is 4.53. The summed E-state index contributed by atoms with van der Waals surface area (Å²) in [6, 6.07) is 0. The fraction of sp³-hybridized carbons (Fsp3) is 0.667. The van der Waals surface area contributed by atoms with Gasteiger partial charge in [0.15, 0.2) is 0 Å². The van der Waals surface area contributed by atoms with E-state index < -0.39 is 0 Å². The summed E-state index contributed by atoms with van der Waals surface area (Å²) in [6.07, 6.45) is 3.63. The first-order chi connectivity index (χ1) is 7.64. The zero-order chi connectivity index (χ0) is 11.6. The molecule has 1 aromatic heterocycles. The summed E-state index contributed by atoms with van der Waals surface area (Å²) in [4.78, 5) is 15.8. The number of ether oxygens (including phenoxy) is 1. The molecule has 16 heavy (non-hydrogen) atoms. The van der Waals surface area contributed by atoms with E-state index in [0.717, 1.165) is 5.69 Å². The number of rotatable bonds is 5. The highest BCUT2D eigenvalue weighted by Gasteiger charge is 2.41. The van der Waals surface area contributed by atoms with Crippen molar-refractivity contribution in [2.24, 2.45) is 0 Å². The number of carbonyl (C=O) groups excluding carboxylic acids is 1. The lowest BCUT2D eigenvalue weighted by Crippen LogP contribution is -2.05. The first kappa shape index (κ1) is 11.6. The standard InChI is InChI=1S/C12H17NO2S/c1-3-15-10(14)5-4-9-8-16-11(13-9)12(2)6-7-12/h8H,3-7H2,1-2H3. The number of aromatic nitrogens is 1. The summed E-state index contributed by atoms with van der Waals surface area (Å²) in [7, 11) is 0. The lowest BCUT2D eigenvalue weighted by molar-refractivity contribution is -0.143. The minimum Gasteiger partial charge on any atom is -0.466 e. The molecule has 4 heteroatoms. The van der Waals surface area contributed by atoms with Crippen LogP contribution in [0.5, 0.6) is 0 Å². The van der Waals surface area contributed by atoms with Crippen LogP contribution in [0.25, 0.3) is 0 Å². The van der Waals surface area contributed by atoms with Crippen molar-refractivity contribution in [3.63, 3.8) is 0 Å². The molecule has 1 saturated carbocycles. The highest BCUT2D eigenvalue weighted by molar-refractivity contribution is 7.09. The predicted molar refractivity (Wildman–Crippen MR) is 63.7 cm³/mol. The number of hydrogen-bond donors (Lipinski definition) is 0. The average Bonchev–Trinajstić information content (AvgIpc) is 2.83. The van der Waals surface area contributed by atoms with Crippen molar-refractivity contribution in [3.8, 4) is 0 Å². The topological polar surface area (TPSA) is 39.2 Å². The molecule has 1 fully saturated rings. The Morgan fingerprint density at radius 3 is 3.00 bits per heavy atom. The van der Waals surface area contributed by atoms with Crippen molar-refractivity contribution in [1.29, 1.82) is 0 Å². The molecule has 0 aliphatic heterocycles. The third-order valence-corrected chi connectivity index (χ3v) is 4.16. The monoisotopic (exact) mass is 239 g/mol. The van der Waals surface area contributed by atoms with Crippen LogP contribution in [0.4, 0.5) is 0 Å². The third kappa shape index (κ3) is 2.61. The molecule has 0 atom stereocenters. The molecular weight excluding hydrogens is 222 g/mol. The Morgan fingerprint density at radius 2 is 2.38 bits per heavy atom. The Kier molecular flexibility index (Phi) is 3.28. The molecule has 0 amide bonds. The summed E-state index contributed by atoms with van der Waals surface area (Å²) in [5, 5.41) is 3.30. The maximum Gasteiger partial charge on any atom is 0.306 e. The maximum absolute atomic E-state index is 11.2. The van der Waals surface area contributed by atoms with Crippen LogP contribution in [0.3, 0.4) is 0 Å². The number of esters is 1. The van der Waals surface area contributed by atoms with Gasteiger partial charge in [0.05, 0.1) is 23.7 Å². The van der Waals surface area contributed by atoms with E-state index in [9.17, 15) is 4.79 Å². The van der Waals surface area contributed by atoms with Crippen LogP contribution in [0, 0.1) is 0 Å².